The van der Waals surface area contributed by atoms with Crippen LogP contribution in [0.2, 0.25) is 0 Å². The van der Waals surface area contributed by atoms with Crippen LogP contribution in [0.5, 0.6) is 0 Å². The van der Waals surface area contributed by atoms with E-state index in [2.05, 4.69) is 16.6 Å². The van der Waals surface area contributed by atoms with Crippen molar-refractivity contribution < 1.29 is 19.1 Å². The smallest absolute Gasteiger partial charge is 0.407 e. The summed E-state index contributed by atoms with van der Waals surface area (Å²) in [5, 5.41) is 2.52. The Hall–Kier alpha value is -1.52. The van der Waals surface area contributed by atoms with Gasteiger partial charge in [-0.15, -0.1) is 0 Å². The summed E-state index contributed by atoms with van der Waals surface area (Å²) in [6.07, 6.45) is -0.170. The fraction of sp³-hybridized carbons (Fsp3) is 0.692. The van der Waals surface area contributed by atoms with Gasteiger partial charge in [-0.25, -0.2) is 9.59 Å². The lowest BCUT2D eigenvalue weighted by Gasteiger charge is -2.19. The predicted molar refractivity (Wildman–Crippen MR) is 71.4 cm³/mol. The third-order valence-corrected chi connectivity index (χ3v) is 1.57. The highest BCUT2D eigenvalue weighted by atomic mass is 16.6. The van der Waals surface area contributed by atoms with E-state index in [1.165, 1.54) is 7.11 Å². The number of rotatable bonds is 4. The third kappa shape index (κ3) is 11.0. The Labute approximate surface area is 110 Å². The normalized spacial score (nSPS) is 9.67. The molecule has 0 aliphatic carbocycles. The van der Waals surface area contributed by atoms with Crippen molar-refractivity contribution in [1.29, 1.82) is 0 Å². The van der Waals surface area contributed by atoms with Crippen LogP contribution in [0.25, 0.3) is 0 Å². The standard InChI is InChI=1S/C11H19NO4.C2H6/c1-8(9(13)15-5)6-7-12-10(14)16-11(2,3)4;1-2/h1,6-7H2,2-5H3,(H,12,14);1-2H3. The summed E-state index contributed by atoms with van der Waals surface area (Å²) < 4.78 is 9.48. The molecule has 0 atom stereocenters. The summed E-state index contributed by atoms with van der Waals surface area (Å²) in [5.74, 6) is -0.467. The maximum atomic E-state index is 11.2. The van der Waals surface area contributed by atoms with E-state index in [1.807, 2.05) is 13.8 Å². The van der Waals surface area contributed by atoms with Crippen LogP contribution in [0.1, 0.15) is 41.0 Å². The van der Waals surface area contributed by atoms with Crippen molar-refractivity contribution in [2.45, 2.75) is 46.6 Å². The molecule has 0 radical (unpaired) electrons. The molecule has 0 rings (SSSR count). The number of nitrogens with one attached hydrogen (secondary N) is 1. The molecule has 0 aromatic carbocycles. The average Bonchev–Trinajstić information content (AvgIpc) is 2.28. The van der Waals surface area contributed by atoms with Crippen LogP contribution in [-0.2, 0) is 14.3 Å². The zero-order chi connectivity index (χ0) is 14.8. The maximum Gasteiger partial charge on any atom is 0.407 e. The first-order chi connectivity index (χ1) is 8.26. The van der Waals surface area contributed by atoms with E-state index in [1.54, 1.807) is 20.8 Å². The first-order valence-corrected chi connectivity index (χ1v) is 5.99. The SMILES string of the molecule is C=C(CCNC(=O)OC(C)(C)C)C(=O)OC.CC. The summed E-state index contributed by atoms with van der Waals surface area (Å²) in [7, 11) is 1.29. The van der Waals surface area contributed by atoms with Crippen LogP contribution in [0.3, 0.4) is 0 Å². The van der Waals surface area contributed by atoms with Crippen molar-refractivity contribution in [1.82, 2.24) is 5.32 Å². The molecule has 0 fully saturated rings. The van der Waals surface area contributed by atoms with Gasteiger partial charge in [-0.3, -0.25) is 0 Å². The van der Waals surface area contributed by atoms with Gasteiger partial charge in [-0.2, -0.15) is 0 Å². The van der Waals surface area contributed by atoms with Gasteiger partial charge in [0.05, 0.1) is 7.11 Å². The average molecular weight is 259 g/mol. The number of ether oxygens (including phenoxy) is 2. The maximum absolute atomic E-state index is 11.2. The molecule has 1 amide bonds. The molecular weight excluding hydrogens is 234 g/mol. The minimum absolute atomic E-state index is 0.294. The van der Waals surface area contributed by atoms with Crippen molar-refractivity contribution in [3.63, 3.8) is 0 Å². The number of hydrogen-bond donors (Lipinski definition) is 1. The summed E-state index contributed by atoms with van der Waals surface area (Å²) in [6, 6.07) is 0. The van der Waals surface area contributed by atoms with E-state index in [0.717, 1.165) is 0 Å². The van der Waals surface area contributed by atoms with Gasteiger partial charge in [-0.05, 0) is 27.2 Å². The van der Waals surface area contributed by atoms with Gasteiger partial charge in [-0.1, -0.05) is 20.4 Å². The van der Waals surface area contributed by atoms with E-state index in [-0.39, 0.29) is 0 Å². The summed E-state index contributed by atoms with van der Waals surface area (Å²) >= 11 is 0. The number of hydrogen-bond acceptors (Lipinski definition) is 4. The van der Waals surface area contributed by atoms with Gasteiger partial charge in [0.25, 0.3) is 0 Å². The fourth-order valence-electron chi connectivity index (χ4n) is 0.876. The number of esters is 1. The monoisotopic (exact) mass is 259 g/mol. The molecule has 0 aliphatic rings. The summed E-state index contributed by atoms with van der Waals surface area (Å²) in [4.78, 5) is 22.2. The Morgan fingerprint density at radius 1 is 1.22 bits per heavy atom. The van der Waals surface area contributed by atoms with Gasteiger partial charge in [0.15, 0.2) is 0 Å². The molecule has 5 heteroatoms. The van der Waals surface area contributed by atoms with Crippen LogP contribution in [0.15, 0.2) is 12.2 Å². The number of carbonyl (C=O) groups excluding carboxylic acids is 2. The molecule has 1 N–H and O–H groups in total. The van der Waals surface area contributed by atoms with Gasteiger partial charge >= 0.3 is 12.1 Å². The van der Waals surface area contributed by atoms with E-state index in [9.17, 15) is 9.59 Å². The van der Waals surface area contributed by atoms with Gasteiger partial charge in [0.1, 0.15) is 5.60 Å². The summed E-state index contributed by atoms with van der Waals surface area (Å²) in [6.45, 7) is 13.2. The quantitative estimate of drug-likeness (QED) is 0.622. The van der Waals surface area contributed by atoms with Crippen molar-refractivity contribution in [2.75, 3.05) is 13.7 Å². The Morgan fingerprint density at radius 2 is 1.72 bits per heavy atom. The second-order valence-electron chi connectivity index (χ2n) is 4.27. The highest BCUT2D eigenvalue weighted by Gasteiger charge is 2.15. The van der Waals surface area contributed by atoms with Crippen molar-refractivity contribution in [2.24, 2.45) is 0 Å². The molecule has 0 aliphatic heterocycles. The second-order valence-corrected chi connectivity index (χ2v) is 4.27. The molecule has 5 nitrogen and oxygen atoms in total. The second kappa shape index (κ2) is 9.50. The Bertz CT molecular complexity index is 279. The van der Waals surface area contributed by atoms with Gasteiger partial charge in [0.2, 0.25) is 0 Å². The van der Waals surface area contributed by atoms with Crippen molar-refractivity contribution in [3.8, 4) is 0 Å². The van der Waals surface area contributed by atoms with Crippen LogP contribution in [-0.4, -0.2) is 31.3 Å². The van der Waals surface area contributed by atoms with Crippen LogP contribution in [0.4, 0.5) is 4.79 Å². The zero-order valence-corrected chi connectivity index (χ0v) is 12.3. The Kier molecular flexibility index (Phi) is 9.94. The lowest BCUT2D eigenvalue weighted by atomic mass is 10.2. The molecule has 0 aromatic rings. The first kappa shape index (κ1) is 18.8. The fourth-order valence-corrected chi connectivity index (χ4v) is 0.876. The van der Waals surface area contributed by atoms with Crippen LogP contribution >= 0.6 is 0 Å². The van der Waals surface area contributed by atoms with Gasteiger partial charge < -0.3 is 14.8 Å². The molecule has 0 unspecified atom stereocenters. The van der Waals surface area contributed by atoms with E-state index in [0.29, 0.717) is 18.5 Å². The topological polar surface area (TPSA) is 64.6 Å². The predicted octanol–water partition coefficient (Wildman–Crippen LogP) is 2.66. The number of methoxy groups -OCH3 is 1. The lowest BCUT2D eigenvalue weighted by molar-refractivity contribution is -0.136. The minimum atomic E-state index is -0.524. The largest absolute Gasteiger partial charge is 0.466 e. The molecule has 0 aromatic heterocycles. The molecule has 0 heterocycles. The third-order valence-electron chi connectivity index (χ3n) is 1.57. The van der Waals surface area contributed by atoms with Crippen molar-refractivity contribution in [3.05, 3.63) is 12.2 Å². The van der Waals surface area contributed by atoms with Crippen LogP contribution in [0, 0.1) is 0 Å². The zero-order valence-electron chi connectivity index (χ0n) is 12.3. The minimum Gasteiger partial charge on any atom is -0.466 e. The molecule has 0 saturated heterocycles. The van der Waals surface area contributed by atoms with Gasteiger partial charge in [0, 0.05) is 12.1 Å². The molecule has 0 saturated carbocycles. The number of alkyl carbamates (subject to hydrolysis) is 1. The number of amides is 1. The molecule has 106 valence electrons. The molecular formula is C13H25NO4. The lowest BCUT2D eigenvalue weighted by Crippen LogP contribution is -2.33. The number of carbonyl (C=O) groups is 2. The Balaban J connectivity index is 0. The van der Waals surface area contributed by atoms with E-state index in [4.69, 9.17) is 4.74 Å². The Morgan fingerprint density at radius 3 is 2.11 bits per heavy atom. The first-order valence-electron chi connectivity index (χ1n) is 5.99. The molecule has 18 heavy (non-hydrogen) atoms. The highest BCUT2D eigenvalue weighted by Crippen LogP contribution is 2.06. The van der Waals surface area contributed by atoms with Crippen molar-refractivity contribution >= 4 is 12.1 Å². The molecule has 0 bridgehead atoms. The highest BCUT2D eigenvalue weighted by molar-refractivity contribution is 5.87. The van der Waals surface area contributed by atoms with E-state index < -0.39 is 17.7 Å². The molecule has 0 spiro atoms. The summed E-state index contributed by atoms with van der Waals surface area (Å²) in [5.41, 5.74) is -0.206. The van der Waals surface area contributed by atoms with Crippen LogP contribution < -0.4 is 5.32 Å². The van der Waals surface area contributed by atoms with E-state index >= 15 is 0 Å².